The topological polar surface area (TPSA) is 84.9 Å². The van der Waals surface area contributed by atoms with Gasteiger partial charge in [-0.05, 0) is 73.4 Å². The summed E-state index contributed by atoms with van der Waals surface area (Å²) in [6, 6.07) is 9.26. The molecule has 1 aliphatic heterocycles. The number of benzene rings is 2. The predicted molar refractivity (Wildman–Crippen MR) is 135 cm³/mol. The molecule has 0 spiro atoms. The summed E-state index contributed by atoms with van der Waals surface area (Å²) in [5.41, 5.74) is 4.34. The first-order valence-corrected chi connectivity index (χ1v) is 11.8. The van der Waals surface area contributed by atoms with E-state index in [-0.39, 0.29) is 11.4 Å². The van der Waals surface area contributed by atoms with Gasteiger partial charge < -0.3 is 14.8 Å². The number of nitrogens with zero attached hydrogens (tertiary/aromatic N) is 1. The van der Waals surface area contributed by atoms with Gasteiger partial charge in [-0.15, -0.1) is 0 Å². The van der Waals surface area contributed by atoms with E-state index in [1.807, 2.05) is 32.9 Å². The Morgan fingerprint density at radius 1 is 1.09 bits per heavy atom. The number of ether oxygens (including phenoxy) is 2. The average molecular weight is 483 g/mol. The number of anilines is 1. The maximum atomic E-state index is 12.9. The summed E-state index contributed by atoms with van der Waals surface area (Å²) >= 11 is 0.811. The van der Waals surface area contributed by atoms with E-state index >= 15 is 0 Å². The molecule has 1 aliphatic rings. The highest BCUT2D eigenvalue weighted by Gasteiger charge is 2.36. The molecule has 0 aliphatic carbocycles. The monoisotopic (exact) mass is 482 g/mol. The molecule has 3 rings (SSSR count). The lowest BCUT2D eigenvalue weighted by molar-refractivity contribution is -0.127. The second kappa shape index (κ2) is 10.8. The predicted octanol–water partition coefficient (Wildman–Crippen LogP) is 5.33. The molecule has 1 N–H and O–H groups in total. The van der Waals surface area contributed by atoms with Crippen LogP contribution in [0.25, 0.3) is 6.08 Å². The van der Waals surface area contributed by atoms with Gasteiger partial charge in [0.1, 0.15) is 6.54 Å². The molecule has 1 heterocycles. The maximum absolute atomic E-state index is 12.9. The molecule has 0 aromatic heterocycles. The van der Waals surface area contributed by atoms with Crippen molar-refractivity contribution in [2.24, 2.45) is 5.92 Å². The van der Waals surface area contributed by atoms with Crippen LogP contribution in [-0.2, 0) is 9.59 Å². The molecule has 34 heavy (non-hydrogen) atoms. The lowest BCUT2D eigenvalue weighted by atomic mass is 10.1. The number of carbonyl (C=O) groups excluding carboxylic acids is 3. The largest absolute Gasteiger partial charge is 0.493 e. The number of imide groups is 1. The minimum atomic E-state index is -0.499. The lowest BCUT2D eigenvalue weighted by Crippen LogP contribution is -2.36. The van der Waals surface area contributed by atoms with Crippen LogP contribution in [0.5, 0.6) is 11.5 Å². The summed E-state index contributed by atoms with van der Waals surface area (Å²) < 4.78 is 11.2. The van der Waals surface area contributed by atoms with Gasteiger partial charge in [0, 0.05) is 5.69 Å². The maximum Gasteiger partial charge on any atom is 0.294 e. The Labute approximate surface area is 204 Å². The van der Waals surface area contributed by atoms with E-state index in [2.05, 4.69) is 19.2 Å². The van der Waals surface area contributed by atoms with Crippen LogP contribution in [0.2, 0.25) is 0 Å². The number of aryl methyl sites for hydroxylation is 3. The smallest absolute Gasteiger partial charge is 0.294 e. The van der Waals surface area contributed by atoms with Crippen LogP contribution in [0.15, 0.2) is 35.2 Å². The van der Waals surface area contributed by atoms with Crippen LogP contribution in [0.3, 0.4) is 0 Å². The summed E-state index contributed by atoms with van der Waals surface area (Å²) in [6.45, 7) is 10.1. The summed E-state index contributed by atoms with van der Waals surface area (Å²) in [5, 5.41) is 2.36. The molecule has 1 fully saturated rings. The molecular formula is C26H30N2O5S. The average Bonchev–Trinajstić information content (AvgIpc) is 3.02. The van der Waals surface area contributed by atoms with E-state index in [9.17, 15) is 14.4 Å². The van der Waals surface area contributed by atoms with Crippen molar-refractivity contribution < 1.29 is 23.9 Å². The fourth-order valence-corrected chi connectivity index (χ4v) is 4.48. The highest BCUT2D eigenvalue weighted by Crippen LogP contribution is 2.34. The van der Waals surface area contributed by atoms with Crippen LogP contribution in [0.4, 0.5) is 10.5 Å². The second-order valence-electron chi connectivity index (χ2n) is 8.70. The Balaban J connectivity index is 1.72. The van der Waals surface area contributed by atoms with Gasteiger partial charge in [-0.3, -0.25) is 19.3 Å². The first kappa shape index (κ1) is 25.4. The number of carbonyl (C=O) groups is 3. The zero-order valence-corrected chi connectivity index (χ0v) is 21.2. The Hall–Kier alpha value is -3.26. The van der Waals surface area contributed by atoms with Gasteiger partial charge in [0.25, 0.3) is 11.1 Å². The third-order valence-electron chi connectivity index (χ3n) is 5.17. The van der Waals surface area contributed by atoms with E-state index in [0.29, 0.717) is 35.3 Å². The van der Waals surface area contributed by atoms with Crippen LogP contribution in [-0.4, -0.2) is 42.2 Å². The normalized spacial score (nSPS) is 14.8. The molecular weight excluding hydrogens is 452 g/mol. The van der Waals surface area contributed by atoms with Crippen LogP contribution in [0, 0.1) is 26.7 Å². The van der Waals surface area contributed by atoms with Crippen molar-refractivity contribution in [3.8, 4) is 11.5 Å². The first-order chi connectivity index (χ1) is 16.1. The quantitative estimate of drug-likeness (QED) is 0.512. The fourth-order valence-electron chi connectivity index (χ4n) is 3.64. The van der Waals surface area contributed by atoms with Crippen LogP contribution in [0.1, 0.15) is 36.1 Å². The molecule has 2 aromatic carbocycles. The Bertz CT molecular complexity index is 1130. The molecule has 0 atom stereocenters. The molecule has 2 aromatic rings. The molecule has 0 radical (unpaired) electrons. The summed E-state index contributed by atoms with van der Waals surface area (Å²) in [4.78, 5) is 39.2. The summed E-state index contributed by atoms with van der Waals surface area (Å²) in [7, 11) is 1.55. The molecule has 3 amide bonds. The SMILES string of the molecule is COc1cc(/C=C2\SC(=O)N(CC(=O)Nc3c(C)cc(C)cc3C)C2=O)ccc1OCC(C)C. The lowest BCUT2D eigenvalue weighted by Gasteiger charge is -2.16. The number of rotatable bonds is 8. The third kappa shape index (κ3) is 5.99. The van der Waals surface area contributed by atoms with E-state index in [1.165, 1.54) is 0 Å². The number of hydrogen-bond donors (Lipinski definition) is 1. The molecule has 8 heteroatoms. The Morgan fingerprint density at radius 2 is 1.76 bits per heavy atom. The summed E-state index contributed by atoms with van der Waals surface area (Å²) in [6.07, 6.45) is 1.62. The fraction of sp³-hybridized carbons (Fsp3) is 0.346. The van der Waals surface area contributed by atoms with Crippen molar-refractivity contribution in [3.63, 3.8) is 0 Å². The van der Waals surface area contributed by atoms with Crippen molar-refractivity contribution in [2.45, 2.75) is 34.6 Å². The van der Waals surface area contributed by atoms with Gasteiger partial charge in [-0.25, -0.2) is 0 Å². The van der Waals surface area contributed by atoms with Gasteiger partial charge in [0.05, 0.1) is 18.6 Å². The first-order valence-electron chi connectivity index (χ1n) is 11.0. The van der Waals surface area contributed by atoms with Gasteiger partial charge >= 0.3 is 0 Å². The van der Waals surface area contributed by atoms with Gasteiger partial charge in [-0.2, -0.15) is 0 Å². The molecule has 0 saturated carbocycles. The van der Waals surface area contributed by atoms with Crippen LogP contribution < -0.4 is 14.8 Å². The molecule has 0 unspecified atom stereocenters. The van der Waals surface area contributed by atoms with Crippen molar-refractivity contribution in [1.82, 2.24) is 4.90 Å². The molecule has 1 saturated heterocycles. The Morgan fingerprint density at radius 3 is 2.38 bits per heavy atom. The van der Waals surface area contributed by atoms with E-state index in [1.54, 1.807) is 31.4 Å². The van der Waals surface area contributed by atoms with Gasteiger partial charge in [0.15, 0.2) is 11.5 Å². The summed E-state index contributed by atoms with van der Waals surface area (Å²) in [5.74, 6) is 0.595. The number of hydrogen-bond acceptors (Lipinski definition) is 6. The van der Waals surface area contributed by atoms with Crippen molar-refractivity contribution in [3.05, 3.63) is 57.5 Å². The second-order valence-corrected chi connectivity index (χ2v) is 9.70. The molecule has 0 bridgehead atoms. The standard InChI is InChI=1S/C26H30N2O5S/c1-15(2)14-33-20-8-7-19(11-21(20)32-6)12-22-25(30)28(26(31)34-22)13-23(29)27-24-17(4)9-16(3)10-18(24)5/h7-12,15H,13-14H2,1-6H3,(H,27,29)/b22-12-. The number of nitrogens with one attached hydrogen (secondary N) is 1. The Kier molecular flexibility index (Phi) is 8.04. The van der Waals surface area contributed by atoms with E-state index in [0.717, 1.165) is 33.4 Å². The molecule has 180 valence electrons. The van der Waals surface area contributed by atoms with Crippen molar-refractivity contribution in [2.75, 3.05) is 25.6 Å². The zero-order valence-electron chi connectivity index (χ0n) is 20.4. The van der Waals surface area contributed by atoms with Crippen molar-refractivity contribution >= 4 is 40.6 Å². The molecule has 7 nitrogen and oxygen atoms in total. The highest BCUT2D eigenvalue weighted by atomic mass is 32.2. The van der Waals surface area contributed by atoms with E-state index in [4.69, 9.17) is 9.47 Å². The zero-order chi connectivity index (χ0) is 25.0. The highest BCUT2D eigenvalue weighted by molar-refractivity contribution is 8.18. The van der Waals surface area contributed by atoms with E-state index < -0.39 is 17.1 Å². The minimum Gasteiger partial charge on any atom is -0.493 e. The minimum absolute atomic E-state index is 0.249. The van der Waals surface area contributed by atoms with Gasteiger partial charge in [0.2, 0.25) is 5.91 Å². The number of methoxy groups -OCH3 is 1. The third-order valence-corrected chi connectivity index (χ3v) is 6.08. The van der Waals surface area contributed by atoms with Gasteiger partial charge in [-0.1, -0.05) is 37.6 Å². The number of thioether (sulfide) groups is 1. The number of amides is 3. The van der Waals surface area contributed by atoms with Crippen molar-refractivity contribution in [1.29, 1.82) is 0 Å². The van der Waals surface area contributed by atoms with Crippen LogP contribution >= 0.6 is 11.8 Å².